The highest BCUT2D eigenvalue weighted by molar-refractivity contribution is 7.89. The smallest absolute Gasteiger partial charge is 0.243 e. The lowest BCUT2D eigenvalue weighted by molar-refractivity contribution is -0.126. The molecule has 3 aromatic rings. The van der Waals surface area contributed by atoms with Gasteiger partial charge in [-0.05, 0) is 66.9 Å². The zero-order valence-corrected chi connectivity index (χ0v) is 19.5. The van der Waals surface area contributed by atoms with Crippen LogP contribution in [0.5, 0.6) is 11.5 Å². The van der Waals surface area contributed by atoms with Crippen LogP contribution in [0.3, 0.4) is 0 Å². The second-order valence-corrected chi connectivity index (χ2v) is 10.0. The number of pyridine rings is 1. The second kappa shape index (κ2) is 10.6. The Morgan fingerprint density at radius 1 is 1.17 bits per heavy atom. The van der Waals surface area contributed by atoms with Gasteiger partial charge in [0.15, 0.2) is 11.6 Å². The molecule has 4 rings (SSSR count). The predicted octanol–water partition coefficient (Wildman–Crippen LogP) is 3.60. The number of piperidine rings is 1. The number of hydrogen-bond acceptors (Lipinski definition) is 6. The standard InChI is InChI=1S/C25H23FN4O4S/c26-23-14-19(5-8-24(23)34-21-2-1-11-28-17-21)16-29-25(31)20-9-12-30(13-10-20)35(32,33)22-6-3-18(15-27)4-7-22/h1-8,11,14,17,20H,9-10,12-13,16H2,(H,29,31). The molecule has 0 bridgehead atoms. The van der Waals surface area contributed by atoms with Crippen molar-refractivity contribution >= 4 is 15.9 Å². The van der Waals surface area contributed by atoms with Crippen molar-refractivity contribution in [1.29, 1.82) is 5.26 Å². The van der Waals surface area contributed by atoms with Gasteiger partial charge in [0.05, 0.1) is 22.7 Å². The Morgan fingerprint density at radius 2 is 1.91 bits per heavy atom. The van der Waals surface area contributed by atoms with Gasteiger partial charge in [-0.1, -0.05) is 6.07 Å². The first kappa shape index (κ1) is 24.3. The fourth-order valence-electron chi connectivity index (χ4n) is 3.81. The Kier molecular flexibility index (Phi) is 7.39. The Hall–Kier alpha value is -3.81. The number of nitrogens with one attached hydrogen (secondary N) is 1. The molecule has 8 nitrogen and oxygen atoms in total. The molecule has 2 heterocycles. The first-order valence-corrected chi connectivity index (χ1v) is 12.4. The van der Waals surface area contributed by atoms with Crippen LogP contribution in [0.15, 0.2) is 71.9 Å². The highest BCUT2D eigenvalue weighted by atomic mass is 32.2. The van der Waals surface area contributed by atoms with E-state index in [1.54, 1.807) is 24.4 Å². The van der Waals surface area contributed by atoms with E-state index in [2.05, 4.69) is 10.3 Å². The number of sulfonamides is 1. The number of carbonyl (C=O) groups is 1. The lowest BCUT2D eigenvalue weighted by atomic mass is 9.97. The largest absolute Gasteiger partial charge is 0.453 e. The van der Waals surface area contributed by atoms with E-state index in [1.807, 2.05) is 6.07 Å². The molecular formula is C25H23FN4O4S. The highest BCUT2D eigenvalue weighted by Gasteiger charge is 2.32. The molecule has 1 aliphatic heterocycles. The average molecular weight is 495 g/mol. The minimum atomic E-state index is -3.69. The minimum absolute atomic E-state index is 0.0592. The van der Waals surface area contributed by atoms with Gasteiger partial charge in [0.25, 0.3) is 0 Å². The Labute approximate surface area is 203 Å². The number of nitriles is 1. The summed E-state index contributed by atoms with van der Waals surface area (Å²) in [6.07, 6.45) is 3.84. The first-order valence-electron chi connectivity index (χ1n) is 11.0. The van der Waals surface area contributed by atoms with Crippen LogP contribution >= 0.6 is 0 Å². The average Bonchev–Trinajstić information content (AvgIpc) is 2.89. The quantitative estimate of drug-likeness (QED) is 0.537. The van der Waals surface area contributed by atoms with Crippen LogP contribution in [-0.2, 0) is 21.4 Å². The Bertz CT molecular complexity index is 1330. The number of nitrogens with zero attached hydrogens (tertiary/aromatic N) is 3. The van der Waals surface area contributed by atoms with Crippen molar-refractivity contribution in [2.24, 2.45) is 5.92 Å². The van der Waals surface area contributed by atoms with Crippen LogP contribution < -0.4 is 10.1 Å². The monoisotopic (exact) mass is 494 g/mol. The van der Waals surface area contributed by atoms with E-state index in [0.717, 1.165) is 0 Å². The molecule has 1 saturated heterocycles. The van der Waals surface area contributed by atoms with Gasteiger partial charge in [-0.2, -0.15) is 9.57 Å². The zero-order chi connectivity index (χ0) is 24.8. The molecule has 1 aliphatic rings. The predicted molar refractivity (Wildman–Crippen MR) is 125 cm³/mol. The van der Waals surface area contributed by atoms with Crippen molar-refractivity contribution in [3.63, 3.8) is 0 Å². The zero-order valence-electron chi connectivity index (χ0n) is 18.7. The number of amides is 1. The van der Waals surface area contributed by atoms with Gasteiger partial charge in [-0.3, -0.25) is 9.78 Å². The van der Waals surface area contributed by atoms with E-state index in [0.29, 0.717) is 29.7 Å². The topological polar surface area (TPSA) is 112 Å². The molecule has 1 aromatic heterocycles. The van der Waals surface area contributed by atoms with Crippen LogP contribution in [-0.4, -0.2) is 36.7 Å². The van der Waals surface area contributed by atoms with Crippen molar-refractivity contribution in [2.45, 2.75) is 24.3 Å². The second-order valence-electron chi connectivity index (χ2n) is 8.09. The highest BCUT2D eigenvalue weighted by Crippen LogP contribution is 2.26. The number of ether oxygens (including phenoxy) is 1. The van der Waals surface area contributed by atoms with E-state index in [4.69, 9.17) is 10.00 Å². The van der Waals surface area contributed by atoms with Gasteiger partial charge in [0.1, 0.15) is 5.75 Å². The fraction of sp³-hybridized carbons (Fsp3) is 0.240. The molecule has 0 aliphatic carbocycles. The number of hydrogen-bond donors (Lipinski definition) is 1. The molecule has 10 heteroatoms. The maximum atomic E-state index is 14.4. The fourth-order valence-corrected chi connectivity index (χ4v) is 5.28. The maximum Gasteiger partial charge on any atom is 0.243 e. The van der Waals surface area contributed by atoms with Crippen molar-refractivity contribution in [2.75, 3.05) is 13.1 Å². The Balaban J connectivity index is 1.29. The lowest BCUT2D eigenvalue weighted by Gasteiger charge is -2.30. The van der Waals surface area contributed by atoms with Crippen molar-refractivity contribution in [3.8, 4) is 17.6 Å². The molecule has 0 spiro atoms. The van der Waals surface area contributed by atoms with Crippen LogP contribution in [0, 0.1) is 23.1 Å². The normalized spacial score (nSPS) is 14.7. The molecular weight excluding hydrogens is 471 g/mol. The molecule has 2 aromatic carbocycles. The van der Waals surface area contributed by atoms with Crippen molar-refractivity contribution in [1.82, 2.24) is 14.6 Å². The van der Waals surface area contributed by atoms with Crippen LogP contribution in [0.4, 0.5) is 4.39 Å². The van der Waals surface area contributed by atoms with Crippen LogP contribution in [0.2, 0.25) is 0 Å². The first-order chi connectivity index (χ1) is 16.9. The maximum absolute atomic E-state index is 14.4. The summed E-state index contributed by atoms with van der Waals surface area (Å²) >= 11 is 0. The van der Waals surface area contributed by atoms with Crippen molar-refractivity contribution in [3.05, 3.63) is 83.9 Å². The minimum Gasteiger partial charge on any atom is -0.453 e. The third-order valence-corrected chi connectivity index (χ3v) is 7.68. The molecule has 1 amide bonds. The number of rotatable bonds is 7. The van der Waals surface area contributed by atoms with Gasteiger partial charge in [-0.15, -0.1) is 0 Å². The van der Waals surface area contributed by atoms with Crippen LogP contribution in [0.25, 0.3) is 0 Å². The molecule has 0 unspecified atom stereocenters. The summed E-state index contributed by atoms with van der Waals surface area (Å²) in [6.45, 7) is 0.581. The van der Waals surface area contributed by atoms with E-state index in [-0.39, 0.29) is 42.1 Å². The van der Waals surface area contributed by atoms with Gasteiger partial charge >= 0.3 is 0 Å². The van der Waals surface area contributed by atoms with Crippen molar-refractivity contribution < 1.29 is 22.3 Å². The van der Waals surface area contributed by atoms with Gasteiger partial charge in [0, 0.05) is 31.7 Å². The summed E-state index contributed by atoms with van der Waals surface area (Å²) < 4.78 is 46.9. The lowest BCUT2D eigenvalue weighted by Crippen LogP contribution is -2.42. The van der Waals surface area contributed by atoms with E-state index >= 15 is 0 Å². The summed E-state index contributed by atoms with van der Waals surface area (Å²) in [5.41, 5.74) is 0.963. The van der Waals surface area contributed by atoms with Gasteiger partial charge < -0.3 is 10.1 Å². The van der Waals surface area contributed by atoms with Gasteiger partial charge in [0.2, 0.25) is 15.9 Å². The summed E-state index contributed by atoms with van der Waals surface area (Å²) in [6, 6.07) is 15.5. The number of benzene rings is 2. The molecule has 180 valence electrons. The SMILES string of the molecule is N#Cc1ccc(S(=O)(=O)N2CCC(C(=O)NCc3ccc(Oc4cccnc4)c(F)c3)CC2)cc1. The summed E-state index contributed by atoms with van der Waals surface area (Å²) in [5, 5.41) is 11.7. The molecule has 0 saturated carbocycles. The third-order valence-electron chi connectivity index (χ3n) is 5.77. The molecule has 1 N–H and O–H groups in total. The molecule has 0 radical (unpaired) electrons. The van der Waals surface area contributed by atoms with Crippen LogP contribution in [0.1, 0.15) is 24.0 Å². The summed E-state index contributed by atoms with van der Waals surface area (Å²) in [5.74, 6) is -0.609. The summed E-state index contributed by atoms with van der Waals surface area (Å²) in [4.78, 5) is 16.7. The number of carbonyl (C=O) groups excluding carboxylic acids is 1. The number of halogens is 1. The summed E-state index contributed by atoms with van der Waals surface area (Å²) in [7, 11) is -3.69. The molecule has 35 heavy (non-hydrogen) atoms. The Morgan fingerprint density at radius 3 is 2.54 bits per heavy atom. The van der Waals surface area contributed by atoms with E-state index in [9.17, 15) is 17.6 Å². The van der Waals surface area contributed by atoms with Gasteiger partial charge in [-0.25, -0.2) is 12.8 Å². The molecule has 0 atom stereocenters. The van der Waals surface area contributed by atoms with E-state index < -0.39 is 15.8 Å². The number of aromatic nitrogens is 1. The third kappa shape index (κ3) is 5.82. The molecule has 1 fully saturated rings. The van der Waals surface area contributed by atoms with E-state index in [1.165, 1.54) is 46.9 Å².